The molecule has 2 rings (SSSR count). The number of hydrogen-bond acceptors (Lipinski definition) is 4. The number of nitriles is 1. The summed E-state index contributed by atoms with van der Waals surface area (Å²) in [4.78, 5) is 4.18. The van der Waals surface area contributed by atoms with Crippen LogP contribution in [0.2, 0.25) is 5.02 Å². The van der Waals surface area contributed by atoms with Gasteiger partial charge in [0.15, 0.2) is 5.82 Å². The van der Waals surface area contributed by atoms with Crippen LogP contribution in [0.1, 0.15) is 24.2 Å². The zero-order valence-electron chi connectivity index (χ0n) is 10.2. The monoisotopic (exact) mass is 279 g/mol. The van der Waals surface area contributed by atoms with Crippen LogP contribution in [0.15, 0.2) is 22.7 Å². The molecule has 6 heteroatoms. The van der Waals surface area contributed by atoms with Gasteiger partial charge in [0.1, 0.15) is 5.82 Å². The molecule has 19 heavy (non-hydrogen) atoms. The van der Waals surface area contributed by atoms with E-state index in [9.17, 15) is 4.39 Å². The summed E-state index contributed by atoms with van der Waals surface area (Å²) in [5, 5.41) is 12.9. The van der Waals surface area contributed by atoms with Gasteiger partial charge in [-0.05, 0) is 24.6 Å². The molecule has 0 bridgehead atoms. The minimum Gasteiger partial charge on any atom is -0.339 e. The van der Waals surface area contributed by atoms with Crippen LogP contribution in [0.3, 0.4) is 0 Å². The van der Waals surface area contributed by atoms with Crippen LogP contribution in [0.25, 0.3) is 0 Å². The molecule has 0 spiro atoms. The van der Waals surface area contributed by atoms with E-state index in [1.54, 1.807) is 13.0 Å². The second-order valence-electron chi connectivity index (χ2n) is 4.25. The molecule has 0 radical (unpaired) electrons. The van der Waals surface area contributed by atoms with Gasteiger partial charge in [-0.25, -0.2) is 4.39 Å². The molecule has 1 unspecified atom stereocenters. The molecule has 2 aromatic rings. The van der Waals surface area contributed by atoms with E-state index in [1.807, 2.05) is 0 Å². The highest BCUT2D eigenvalue weighted by atomic mass is 35.5. The molecule has 1 atom stereocenters. The zero-order valence-corrected chi connectivity index (χ0v) is 11.0. The van der Waals surface area contributed by atoms with Crippen molar-refractivity contribution in [3.8, 4) is 6.07 Å². The third kappa shape index (κ3) is 3.52. The van der Waals surface area contributed by atoms with Crippen LogP contribution in [-0.2, 0) is 12.8 Å². The van der Waals surface area contributed by atoms with E-state index >= 15 is 0 Å². The Hall–Kier alpha value is -1.93. The first kappa shape index (κ1) is 13.5. The largest absolute Gasteiger partial charge is 0.339 e. The quantitative estimate of drug-likeness (QED) is 0.862. The van der Waals surface area contributed by atoms with Gasteiger partial charge in [-0.1, -0.05) is 22.8 Å². The number of nitrogens with zero attached hydrogens (tertiary/aromatic N) is 3. The van der Waals surface area contributed by atoms with Gasteiger partial charge in [0, 0.05) is 17.9 Å². The predicted molar refractivity (Wildman–Crippen MR) is 67.0 cm³/mol. The summed E-state index contributed by atoms with van der Waals surface area (Å²) >= 11 is 5.92. The Morgan fingerprint density at radius 3 is 3.00 bits per heavy atom. The third-order valence-electron chi connectivity index (χ3n) is 2.58. The number of hydrogen-bond donors (Lipinski definition) is 0. The molecule has 0 saturated heterocycles. The summed E-state index contributed by atoms with van der Waals surface area (Å²) in [5.74, 6) is 0.323. The van der Waals surface area contributed by atoms with Crippen molar-refractivity contribution in [1.82, 2.24) is 10.1 Å². The van der Waals surface area contributed by atoms with Crippen LogP contribution >= 0.6 is 11.6 Å². The molecule has 0 saturated carbocycles. The first-order valence-electron chi connectivity index (χ1n) is 5.73. The number of aromatic nitrogens is 2. The average Bonchev–Trinajstić information content (AvgIpc) is 2.80. The van der Waals surface area contributed by atoms with Crippen molar-refractivity contribution in [3.63, 3.8) is 0 Å². The number of halogens is 2. The number of benzene rings is 1. The molecule has 0 fully saturated rings. The Kier molecular flexibility index (Phi) is 4.13. The Labute approximate surface area is 114 Å². The summed E-state index contributed by atoms with van der Waals surface area (Å²) < 4.78 is 18.0. The lowest BCUT2D eigenvalue weighted by Gasteiger charge is -2.00. The first-order chi connectivity index (χ1) is 9.08. The van der Waals surface area contributed by atoms with E-state index in [4.69, 9.17) is 21.4 Å². The Bertz CT molecular complexity index is 621. The minimum atomic E-state index is -0.384. The smallest absolute Gasteiger partial charge is 0.227 e. The van der Waals surface area contributed by atoms with Crippen LogP contribution in [0.5, 0.6) is 0 Å². The normalized spacial score (nSPS) is 12.1. The topological polar surface area (TPSA) is 62.7 Å². The fourth-order valence-electron chi connectivity index (χ4n) is 1.59. The van der Waals surface area contributed by atoms with E-state index in [0.717, 1.165) is 5.56 Å². The highest BCUT2D eigenvalue weighted by molar-refractivity contribution is 6.31. The Morgan fingerprint density at radius 1 is 1.53 bits per heavy atom. The van der Waals surface area contributed by atoms with Gasteiger partial charge in [-0.15, -0.1) is 0 Å². The SMILES string of the molecule is CC(C#N)Cc1nc(Cc2ccc(F)cc2Cl)no1. The van der Waals surface area contributed by atoms with Crippen molar-refractivity contribution in [2.75, 3.05) is 0 Å². The maximum Gasteiger partial charge on any atom is 0.227 e. The van der Waals surface area contributed by atoms with Crippen LogP contribution in [-0.4, -0.2) is 10.1 Å². The lowest BCUT2D eigenvalue weighted by molar-refractivity contribution is 0.365. The second-order valence-corrected chi connectivity index (χ2v) is 4.66. The molecule has 0 aliphatic heterocycles. The minimum absolute atomic E-state index is 0.178. The summed E-state index contributed by atoms with van der Waals surface area (Å²) in [6.45, 7) is 1.78. The summed E-state index contributed by atoms with van der Waals surface area (Å²) in [6.07, 6.45) is 0.782. The molecule has 1 aromatic heterocycles. The average molecular weight is 280 g/mol. The van der Waals surface area contributed by atoms with E-state index in [-0.39, 0.29) is 11.7 Å². The van der Waals surface area contributed by atoms with Crippen molar-refractivity contribution in [2.45, 2.75) is 19.8 Å². The highest BCUT2D eigenvalue weighted by Gasteiger charge is 2.12. The lowest BCUT2D eigenvalue weighted by atomic mass is 10.1. The van der Waals surface area contributed by atoms with Crippen molar-refractivity contribution in [1.29, 1.82) is 5.26 Å². The van der Waals surface area contributed by atoms with Gasteiger partial charge >= 0.3 is 0 Å². The number of rotatable bonds is 4. The molecule has 1 heterocycles. The van der Waals surface area contributed by atoms with Gasteiger partial charge in [0.05, 0.1) is 12.0 Å². The predicted octanol–water partition coefficient (Wildman–Crippen LogP) is 3.16. The molecule has 4 nitrogen and oxygen atoms in total. The fourth-order valence-corrected chi connectivity index (χ4v) is 1.82. The second kappa shape index (κ2) is 5.81. The maximum absolute atomic E-state index is 12.9. The van der Waals surface area contributed by atoms with Crippen LogP contribution < -0.4 is 0 Å². The van der Waals surface area contributed by atoms with Crippen molar-refractivity contribution in [3.05, 3.63) is 46.3 Å². The van der Waals surface area contributed by atoms with Gasteiger partial charge < -0.3 is 4.52 Å². The highest BCUT2D eigenvalue weighted by Crippen LogP contribution is 2.19. The summed E-state index contributed by atoms with van der Waals surface area (Å²) in [7, 11) is 0. The van der Waals surface area contributed by atoms with Gasteiger partial charge in [0.25, 0.3) is 0 Å². The summed E-state index contributed by atoms with van der Waals surface area (Å²) in [6, 6.07) is 6.27. The standard InChI is InChI=1S/C13H11ClFN3O/c1-8(7-16)4-13-17-12(18-19-13)5-9-2-3-10(15)6-11(9)14/h2-3,6,8H,4-5H2,1H3. The van der Waals surface area contributed by atoms with Crippen molar-refractivity contribution < 1.29 is 8.91 Å². The maximum atomic E-state index is 12.9. The van der Waals surface area contributed by atoms with Gasteiger partial charge in [-0.3, -0.25) is 0 Å². The van der Waals surface area contributed by atoms with Crippen molar-refractivity contribution >= 4 is 11.6 Å². The molecule has 0 aliphatic carbocycles. The molecular weight excluding hydrogens is 269 g/mol. The molecule has 1 aromatic carbocycles. The van der Waals surface area contributed by atoms with Gasteiger partial charge in [0.2, 0.25) is 5.89 Å². The molecule has 0 aliphatic rings. The van der Waals surface area contributed by atoms with E-state index in [2.05, 4.69) is 16.2 Å². The van der Waals surface area contributed by atoms with Gasteiger partial charge in [-0.2, -0.15) is 10.2 Å². The summed E-state index contributed by atoms with van der Waals surface area (Å²) in [5.41, 5.74) is 0.726. The first-order valence-corrected chi connectivity index (χ1v) is 6.11. The third-order valence-corrected chi connectivity index (χ3v) is 2.93. The van der Waals surface area contributed by atoms with E-state index < -0.39 is 0 Å². The molecule has 0 N–H and O–H groups in total. The van der Waals surface area contributed by atoms with Crippen molar-refractivity contribution in [2.24, 2.45) is 5.92 Å². The molecule has 0 amide bonds. The van der Waals surface area contributed by atoms with Crippen LogP contribution in [0.4, 0.5) is 4.39 Å². The van der Waals surface area contributed by atoms with E-state index in [0.29, 0.717) is 29.6 Å². The van der Waals surface area contributed by atoms with Crippen LogP contribution in [0, 0.1) is 23.1 Å². The lowest BCUT2D eigenvalue weighted by Crippen LogP contribution is -1.97. The molecule has 98 valence electrons. The Balaban J connectivity index is 2.10. The van der Waals surface area contributed by atoms with E-state index in [1.165, 1.54) is 12.1 Å². The fraction of sp³-hybridized carbons (Fsp3) is 0.308. The Morgan fingerprint density at radius 2 is 2.32 bits per heavy atom. The zero-order chi connectivity index (χ0) is 13.8. The molecular formula is C13H11ClFN3O.